The first-order valence-electron chi connectivity index (χ1n) is 25.9. The minimum absolute atomic E-state index is 0.0239. The molecule has 0 unspecified atom stereocenters. The van der Waals surface area contributed by atoms with Crippen molar-refractivity contribution in [1.29, 1.82) is 0 Å². The van der Waals surface area contributed by atoms with Crippen molar-refractivity contribution >= 4 is 59.0 Å². The number of unbranched alkanes of at least 4 members (excludes halogenated alkanes) is 1. The molecule has 2 heterocycles. The molecule has 4 rings (SSSR count). The standard InChI is InChI=1S/C55H73F2N9O12/c1-33(2)50(63-46(71)31-66-47(72)17-18-48(66)73)43(68)26-34(3)52(75)60-24-20-45(70)62-41(54(77)78)14-10-11-22-59-44(69)19-23-61-53(76)40(58)21-25-65(49(74)32-67)51(55(4,5)6)42-27-36(38-28-37(56)15-16-39(38)57)30-64(42)29-35-12-8-7-9-13-35/h7-9,12-13,15-18,27-28,30,33-34,40-41,50-51,67H,10-11,14,19-26,29,31-32,58H2,1-6H3,(H,59,69)(H,60,75)(H,61,76)(H,62,70)(H,63,71)(H,77,78)/t34-,40+,41+,50+,51+/m1/s1. The summed E-state index contributed by atoms with van der Waals surface area (Å²) in [5.41, 5.74) is 7.46. The third-order valence-corrected chi connectivity index (χ3v) is 12.9. The van der Waals surface area contributed by atoms with Crippen molar-refractivity contribution in [2.24, 2.45) is 23.0 Å². The van der Waals surface area contributed by atoms with Crippen molar-refractivity contribution in [2.75, 3.05) is 39.3 Å². The third-order valence-electron chi connectivity index (χ3n) is 12.9. The van der Waals surface area contributed by atoms with E-state index in [1.807, 2.05) is 55.7 Å². The van der Waals surface area contributed by atoms with Gasteiger partial charge in [0.25, 0.3) is 11.8 Å². The highest BCUT2D eigenvalue weighted by Crippen LogP contribution is 2.41. The highest BCUT2D eigenvalue weighted by Gasteiger charge is 2.38. The predicted molar refractivity (Wildman–Crippen MR) is 282 cm³/mol. The maximum Gasteiger partial charge on any atom is 0.326 e. The zero-order valence-corrected chi connectivity index (χ0v) is 44.9. The summed E-state index contributed by atoms with van der Waals surface area (Å²) in [4.78, 5) is 128. The fourth-order valence-corrected chi connectivity index (χ4v) is 8.82. The molecular weight excluding hydrogens is 1020 g/mol. The second-order valence-corrected chi connectivity index (χ2v) is 20.6. The normalized spacial score (nSPS) is 14.3. The van der Waals surface area contributed by atoms with E-state index < -0.39 is 119 Å². The molecule has 3 aromatic rings. The second kappa shape index (κ2) is 29.7. The largest absolute Gasteiger partial charge is 0.480 e. The number of aliphatic hydroxyl groups is 1. The highest BCUT2D eigenvalue weighted by atomic mass is 19.1. The van der Waals surface area contributed by atoms with Gasteiger partial charge in [0, 0.05) is 93.1 Å². The summed E-state index contributed by atoms with van der Waals surface area (Å²) in [6.45, 7) is 9.25. The maximum absolute atomic E-state index is 15.1. The zero-order chi connectivity index (χ0) is 57.9. The topological polar surface area (TPSA) is 309 Å². The van der Waals surface area contributed by atoms with E-state index in [0.717, 1.165) is 40.8 Å². The third kappa shape index (κ3) is 19.1. The summed E-state index contributed by atoms with van der Waals surface area (Å²) < 4.78 is 31.4. The van der Waals surface area contributed by atoms with Crippen LogP contribution in [0.25, 0.3) is 11.1 Å². The Morgan fingerprint density at radius 2 is 1.41 bits per heavy atom. The molecule has 1 aliphatic heterocycles. The minimum Gasteiger partial charge on any atom is -0.480 e. The van der Waals surface area contributed by atoms with Crippen LogP contribution in [0.15, 0.2) is 72.9 Å². The Balaban J connectivity index is 1.19. The van der Waals surface area contributed by atoms with Gasteiger partial charge >= 0.3 is 5.97 Å². The number of aliphatic hydroxyl groups excluding tert-OH is 1. The Kier molecular flexibility index (Phi) is 24.0. The van der Waals surface area contributed by atoms with Gasteiger partial charge in [-0.1, -0.05) is 71.9 Å². The van der Waals surface area contributed by atoms with Gasteiger partial charge in [-0.25, -0.2) is 13.6 Å². The molecule has 0 fully saturated rings. The monoisotopic (exact) mass is 1090 g/mol. The molecule has 2 aromatic carbocycles. The first-order chi connectivity index (χ1) is 36.8. The molecule has 424 valence electrons. The number of carboxylic acid groups (broad SMARTS) is 1. The number of carbonyl (C=O) groups excluding carboxylic acids is 9. The number of nitrogens with one attached hydrogen (secondary N) is 5. The summed E-state index contributed by atoms with van der Waals surface area (Å²) in [6, 6.07) is 10.1. The average Bonchev–Trinajstić information content (AvgIpc) is 3.93. The van der Waals surface area contributed by atoms with E-state index >= 15 is 4.39 Å². The number of carbonyl (C=O) groups is 10. The molecule has 78 heavy (non-hydrogen) atoms. The van der Waals surface area contributed by atoms with Crippen LogP contribution in [0.1, 0.15) is 104 Å². The molecule has 0 aliphatic carbocycles. The van der Waals surface area contributed by atoms with E-state index in [1.165, 1.54) is 11.8 Å². The van der Waals surface area contributed by atoms with Crippen molar-refractivity contribution in [3.63, 3.8) is 0 Å². The number of benzene rings is 2. The Hall–Kier alpha value is -7.66. The smallest absolute Gasteiger partial charge is 0.326 e. The molecule has 0 saturated carbocycles. The van der Waals surface area contributed by atoms with Crippen molar-refractivity contribution in [3.05, 3.63) is 95.8 Å². The van der Waals surface area contributed by atoms with E-state index in [-0.39, 0.29) is 69.8 Å². The molecule has 1 aliphatic rings. The lowest BCUT2D eigenvalue weighted by atomic mass is 9.82. The van der Waals surface area contributed by atoms with Crippen molar-refractivity contribution in [2.45, 2.75) is 117 Å². The number of halogens is 2. The van der Waals surface area contributed by atoms with Gasteiger partial charge in [0.1, 0.15) is 30.8 Å². The van der Waals surface area contributed by atoms with E-state index in [0.29, 0.717) is 30.6 Å². The lowest BCUT2D eigenvalue weighted by Crippen LogP contribution is -2.49. The van der Waals surface area contributed by atoms with Gasteiger partial charge in [-0.05, 0) is 66.8 Å². The number of Topliss-reactive ketones (excluding diaryl/α,β-unsaturated/α-hetero) is 1. The number of hydrogen-bond donors (Lipinski definition) is 8. The first-order valence-corrected chi connectivity index (χ1v) is 25.9. The van der Waals surface area contributed by atoms with Gasteiger partial charge in [-0.2, -0.15) is 0 Å². The molecule has 8 amide bonds. The van der Waals surface area contributed by atoms with E-state index in [9.17, 15) is 62.5 Å². The molecular formula is C55H73F2N9O12. The molecule has 23 heteroatoms. The van der Waals surface area contributed by atoms with E-state index in [2.05, 4.69) is 26.6 Å². The average molecular weight is 1090 g/mol. The number of imide groups is 1. The number of aromatic nitrogens is 1. The summed E-state index contributed by atoms with van der Waals surface area (Å²) in [6.07, 6.45) is 3.74. The fraction of sp³-hybridized carbons (Fsp3) is 0.491. The van der Waals surface area contributed by atoms with Crippen LogP contribution in [-0.4, -0.2) is 141 Å². The number of nitrogens with two attached hydrogens (primary N) is 1. The molecule has 0 bridgehead atoms. The number of ketones is 1. The molecule has 9 N–H and O–H groups in total. The molecule has 21 nitrogen and oxygen atoms in total. The Morgan fingerprint density at radius 1 is 0.769 bits per heavy atom. The van der Waals surface area contributed by atoms with Crippen molar-refractivity contribution < 1.29 is 66.9 Å². The lowest BCUT2D eigenvalue weighted by molar-refractivity contribution is -0.142. The van der Waals surface area contributed by atoms with E-state index in [4.69, 9.17) is 5.73 Å². The molecule has 0 saturated heterocycles. The number of nitrogens with zero attached hydrogens (tertiary/aromatic N) is 3. The fourth-order valence-electron chi connectivity index (χ4n) is 8.82. The van der Waals surface area contributed by atoms with Crippen LogP contribution < -0.4 is 32.3 Å². The number of rotatable bonds is 31. The summed E-state index contributed by atoms with van der Waals surface area (Å²) in [5.74, 6) is -9.16. The molecule has 1 aromatic heterocycles. The highest BCUT2D eigenvalue weighted by molar-refractivity contribution is 6.14. The van der Waals surface area contributed by atoms with Gasteiger partial charge < -0.3 is 52.0 Å². The van der Waals surface area contributed by atoms with Gasteiger partial charge in [0.2, 0.25) is 35.4 Å². The minimum atomic E-state index is -1.29. The first kappa shape index (κ1) is 62.9. The van der Waals surface area contributed by atoms with Crippen LogP contribution in [-0.2, 0) is 54.5 Å². The second-order valence-electron chi connectivity index (χ2n) is 20.6. The zero-order valence-electron chi connectivity index (χ0n) is 44.9. The van der Waals surface area contributed by atoms with Gasteiger partial charge in [0.05, 0.1) is 18.1 Å². The lowest BCUT2D eigenvalue weighted by Gasteiger charge is -2.41. The molecule has 0 radical (unpaired) electrons. The van der Waals surface area contributed by atoms with Gasteiger partial charge in [-0.3, -0.25) is 48.1 Å². The predicted octanol–water partition coefficient (Wildman–Crippen LogP) is 2.64. The number of aliphatic carboxylic acids is 1. The summed E-state index contributed by atoms with van der Waals surface area (Å²) in [7, 11) is 0. The quantitative estimate of drug-likeness (QED) is 0.0340. The molecule has 5 atom stereocenters. The van der Waals surface area contributed by atoms with Crippen LogP contribution in [0.2, 0.25) is 0 Å². The summed E-state index contributed by atoms with van der Waals surface area (Å²) in [5, 5.41) is 32.7. The van der Waals surface area contributed by atoms with Crippen LogP contribution in [0, 0.1) is 28.9 Å². The Morgan fingerprint density at radius 3 is 2.03 bits per heavy atom. The number of carboxylic acids is 1. The van der Waals surface area contributed by atoms with Gasteiger partial charge in [0.15, 0.2) is 5.78 Å². The number of amides is 8. The Bertz CT molecular complexity index is 2650. The van der Waals surface area contributed by atoms with Crippen LogP contribution >= 0.6 is 0 Å². The SMILES string of the molecule is CC(C)[C@H](NC(=O)CN1C(=O)C=CC1=O)C(=O)C[C@@H](C)C(=O)NCCC(=O)N[C@@H](CCCCNC(=O)CCNC(=O)[C@@H](N)CCN(C(=O)CO)[C@@H](c1cc(-c2cc(F)ccc2F)cn1Cc1ccccc1)C(C)(C)C)C(=O)O. The van der Waals surface area contributed by atoms with Crippen LogP contribution in [0.4, 0.5) is 8.78 Å². The van der Waals surface area contributed by atoms with Gasteiger partial charge in [-0.15, -0.1) is 0 Å². The Labute approximate surface area is 452 Å². The van der Waals surface area contributed by atoms with E-state index in [1.54, 1.807) is 26.1 Å². The molecule has 0 spiro atoms. The van der Waals surface area contributed by atoms with Crippen molar-refractivity contribution in [3.8, 4) is 11.1 Å². The van der Waals surface area contributed by atoms with Crippen LogP contribution in [0.5, 0.6) is 0 Å². The summed E-state index contributed by atoms with van der Waals surface area (Å²) >= 11 is 0. The maximum atomic E-state index is 15.1. The van der Waals surface area contributed by atoms with Crippen LogP contribution in [0.3, 0.4) is 0 Å². The number of hydrogen-bond acceptors (Lipinski definition) is 12. The van der Waals surface area contributed by atoms with Crippen molar-refractivity contribution in [1.82, 2.24) is 41.0 Å².